The molecule has 0 radical (unpaired) electrons. The second-order valence-electron chi connectivity index (χ2n) is 2.26. The summed E-state index contributed by atoms with van der Waals surface area (Å²) in [5, 5.41) is 0. The molecule has 1 nitrogen and oxygen atoms in total. The highest BCUT2D eigenvalue weighted by Gasteiger charge is 2.01. The molecule has 0 unspecified atom stereocenters. The van der Waals surface area contributed by atoms with Crippen molar-refractivity contribution in [3.63, 3.8) is 0 Å². The maximum absolute atomic E-state index is 11.2. The molecule has 0 aliphatic heterocycles. The van der Waals surface area contributed by atoms with E-state index in [1.807, 2.05) is 30.3 Å². The van der Waals surface area contributed by atoms with Gasteiger partial charge < -0.3 is 0 Å². The Bertz CT molecular complexity index is 231. The first-order chi connectivity index (χ1) is 5.34. The van der Waals surface area contributed by atoms with Crippen LogP contribution in [0.5, 0.6) is 0 Å². The van der Waals surface area contributed by atoms with Gasteiger partial charge in [-0.1, -0.05) is 30.3 Å². The van der Waals surface area contributed by atoms with Crippen LogP contribution in [-0.4, -0.2) is 11.5 Å². The molecule has 0 saturated heterocycles. The fourth-order valence-electron chi connectivity index (χ4n) is 0.870. The monoisotopic (exact) mass is 166 g/mol. The van der Waals surface area contributed by atoms with Crippen molar-refractivity contribution in [3.8, 4) is 0 Å². The molecule has 0 spiro atoms. The Morgan fingerprint density at radius 1 is 1.27 bits per heavy atom. The first-order valence-corrected chi connectivity index (χ1v) is 4.17. The van der Waals surface area contributed by atoms with E-state index in [2.05, 4.69) is 12.6 Å². The molecule has 0 amide bonds. The maximum atomic E-state index is 11.2. The summed E-state index contributed by atoms with van der Waals surface area (Å²) >= 11 is 3.99. The van der Waals surface area contributed by atoms with Gasteiger partial charge in [-0.05, 0) is 5.75 Å². The van der Waals surface area contributed by atoms with Crippen LogP contribution in [0.4, 0.5) is 0 Å². The summed E-state index contributed by atoms with van der Waals surface area (Å²) in [6.45, 7) is 0. The summed E-state index contributed by atoms with van der Waals surface area (Å²) in [6.07, 6.45) is 0.521. The smallest absolute Gasteiger partial charge is 0.163 e. The van der Waals surface area contributed by atoms with E-state index in [1.54, 1.807) is 0 Å². The Morgan fingerprint density at radius 3 is 2.45 bits per heavy atom. The number of carbonyl (C=O) groups is 1. The third-order valence-corrected chi connectivity index (χ3v) is 1.66. The Kier molecular flexibility index (Phi) is 3.17. The van der Waals surface area contributed by atoms with Crippen LogP contribution in [0.15, 0.2) is 30.3 Å². The molecule has 0 aliphatic rings. The Labute approximate surface area is 71.8 Å². The SMILES string of the molecule is O=C(CCS)c1ccccc1. The van der Waals surface area contributed by atoms with Gasteiger partial charge in [0.15, 0.2) is 5.78 Å². The van der Waals surface area contributed by atoms with E-state index in [1.165, 1.54) is 0 Å². The topological polar surface area (TPSA) is 17.1 Å². The number of hydrogen-bond donors (Lipinski definition) is 1. The van der Waals surface area contributed by atoms with Gasteiger partial charge in [-0.25, -0.2) is 0 Å². The minimum absolute atomic E-state index is 0.167. The maximum Gasteiger partial charge on any atom is 0.163 e. The molecule has 58 valence electrons. The van der Waals surface area contributed by atoms with Gasteiger partial charge in [-0.3, -0.25) is 4.79 Å². The van der Waals surface area contributed by atoms with E-state index >= 15 is 0 Å². The minimum atomic E-state index is 0.167. The molecular formula is C9H10OS. The van der Waals surface area contributed by atoms with E-state index in [-0.39, 0.29) is 5.78 Å². The van der Waals surface area contributed by atoms with Gasteiger partial charge in [0.2, 0.25) is 0 Å². The van der Waals surface area contributed by atoms with Crippen LogP contribution in [0.3, 0.4) is 0 Å². The van der Waals surface area contributed by atoms with Crippen LogP contribution in [0.25, 0.3) is 0 Å². The highest BCUT2D eigenvalue weighted by molar-refractivity contribution is 7.80. The first kappa shape index (κ1) is 8.34. The van der Waals surface area contributed by atoms with Crippen LogP contribution in [0.1, 0.15) is 16.8 Å². The third kappa shape index (κ3) is 2.39. The lowest BCUT2D eigenvalue weighted by Crippen LogP contribution is -1.98. The Morgan fingerprint density at radius 2 is 1.91 bits per heavy atom. The quantitative estimate of drug-likeness (QED) is 0.538. The third-order valence-electron chi connectivity index (χ3n) is 1.43. The van der Waals surface area contributed by atoms with E-state index in [0.717, 1.165) is 5.56 Å². The number of ketones is 1. The van der Waals surface area contributed by atoms with Gasteiger partial charge >= 0.3 is 0 Å². The van der Waals surface area contributed by atoms with Crippen molar-refractivity contribution in [2.45, 2.75) is 6.42 Å². The fourth-order valence-corrected chi connectivity index (χ4v) is 1.07. The normalized spacial score (nSPS) is 9.55. The predicted molar refractivity (Wildman–Crippen MR) is 49.2 cm³/mol. The predicted octanol–water partition coefficient (Wildman–Crippen LogP) is 2.19. The lowest BCUT2D eigenvalue weighted by molar-refractivity contribution is 0.0989. The van der Waals surface area contributed by atoms with Gasteiger partial charge in [0.05, 0.1) is 0 Å². The Balaban J connectivity index is 2.69. The summed E-state index contributed by atoms with van der Waals surface area (Å²) in [5.41, 5.74) is 0.779. The summed E-state index contributed by atoms with van der Waals surface area (Å²) in [4.78, 5) is 11.2. The van der Waals surface area contributed by atoms with Crippen LogP contribution in [0.2, 0.25) is 0 Å². The molecule has 0 saturated carbocycles. The number of rotatable bonds is 3. The molecule has 11 heavy (non-hydrogen) atoms. The molecule has 0 atom stereocenters. The summed E-state index contributed by atoms with van der Waals surface area (Å²) in [7, 11) is 0. The molecule has 0 fully saturated rings. The minimum Gasteiger partial charge on any atom is -0.294 e. The average molecular weight is 166 g/mol. The van der Waals surface area contributed by atoms with Gasteiger partial charge in [0, 0.05) is 12.0 Å². The highest BCUT2D eigenvalue weighted by Crippen LogP contribution is 2.02. The zero-order valence-corrected chi connectivity index (χ0v) is 7.05. The van der Waals surface area contributed by atoms with Gasteiger partial charge in [0.25, 0.3) is 0 Å². The van der Waals surface area contributed by atoms with Crippen LogP contribution < -0.4 is 0 Å². The van der Waals surface area contributed by atoms with E-state index in [4.69, 9.17) is 0 Å². The zero-order valence-electron chi connectivity index (χ0n) is 6.16. The molecule has 1 rings (SSSR count). The van der Waals surface area contributed by atoms with Crippen LogP contribution >= 0.6 is 12.6 Å². The molecule has 0 bridgehead atoms. The molecule has 1 aromatic rings. The standard InChI is InChI=1S/C9H10OS/c10-9(6-7-11)8-4-2-1-3-5-8/h1-5,11H,6-7H2. The molecule has 1 aromatic carbocycles. The lowest BCUT2D eigenvalue weighted by Gasteiger charge is -1.95. The van der Waals surface area contributed by atoms with Crippen molar-refractivity contribution in [1.29, 1.82) is 0 Å². The zero-order chi connectivity index (χ0) is 8.10. The largest absolute Gasteiger partial charge is 0.294 e. The number of carbonyl (C=O) groups excluding carboxylic acids is 1. The van der Waals surface area contributed by atoms with Crippen LogP contribution in [-0.2, 0) is 0 Å². The number of hydrogen-bond acceptors (Lipinski definition) is 2. The second kappa shape index (κ2) is 4.19. The molecule has 0 aromatic heterocycles. The Hall–Kier alpha value is -0.760. The molecule has 0 N–H and O–H groups in total. The highest BCUT2D eigenvalue weighted by atomic mass is 32.1. The van der Waals surface area contributed by atoms with Crippen molar-refractivity contribution in [1.82, 2.24) is 0 Å². The van der Waals surface area contributed by atoms with Crippen molar-refractivity contribution in [2.75, 3.05) is 5.75 Å². The fraction of sp³-hybridized carbons (Fsp3) is 0.222. The molecule has 0 aliphatic carbocycles. The summed E-state index contributed by atoms with van der Waals surface area (Å²) in [6, 6.07) is 9.28. The summed E-state index contributed by atoms with van der Waals surface area (Å²) in [5.74, 6) is 0.786. The molecule has 0 heterocycles. The van der Waals surface area contributed by atoms with E-state index < -0.39 is 0 Å². The first-order valence-electron chi connectivity index (χ1n) is 3.53. The van der Waals surface area contributed by atoms with Crippen molar-refractivity contribution < 1.29 is 4.79 Å². The van der Waals surface area contributed by atoms with Gasteiger partial charge in [0.1, 0.15) is 0 Å². The number of benzene rings is 1. The summed E-state index contributed by atoms with van der Waals surface area (Å²) < 4.78 is 0. The molecular weight excluding hydrogens is 156 g/mol. The van der Waals surface area contributed by atoms with Crippen molar-refractivity contribution in [2.24, 2.45) is 0 Å². The van der Waals surface area contributed by atoms with Crippen LogP contribution in [0, 0.1) is 0 Å². The van der Waals surface area contributed by atoms with Crippen molar-refractivity contribution >= 4 is 18.4 Å². The van der Waals surface area contributed by atoms with Gasteiger partial charge in [-0.15, -0.1) is 0 Å². The number of thiol groups is 1. The average Bonchev–Trinajstić information content (AvgIpc) is 2.07. The van der Waals surface area contributed by atoms with Gasteiger partial charge in [-0.2, -0.15) is 12.6 Å². The van der Waals surface area contributed by atoms with E-state index in [9.17, 15) is 4.79 Å². The number of Topliss-reactive ketones (excluding diaryl/α,β-unsaturated/α-hetero) is 1. The lowest BCUT2D eigenvalue weighted by atomic mass is 10.1. The molecule has 2 heteroatoms. The second-order valence-corrected chi connectivity index (χ2v) is 2.71. The van der Waals surface area contributed by atoms with Crippen molar-refractivity contribution in [3.05, 3.63) is 35.9 Å². The van der Waals surface area contributed by atoms with E-state index in [0.29, 0.717) is 12.2 Å².